The van der Waals surface area contributed by atoms with E-state index >= 15 is 0 Å². The molecule has 9 heteroatoms. The molecule has 2 rings (SSSR count). The van der Waals surface area contributed by atoms with Crippen LogP contribution in [0.25, 0.3) is 0 Å². The lowest BCUT2D eigenvalue weighted by Gasteiger charge is -2.27. The van der Waals surface area contributed by atoms with E-state index in [1.165, 1.54) is 4.88 Å². The average molecular weight is 456 g/mol. The van der Waals surface area contributed by atoms with Crippen LogP contribution in [0.2, 0.25) is 0 Å². The van der Waals surface area contributed by atoms with Crippen LogP contribution in [0.5, 0.6) is 5.88 Å². The lowest BCUT2D eigenvalue weighted by molar-refractivity contribution is 0.0962. The fraction of sp³-hybridized carbons (Fsp3) is 0.500. The third-order valence-electron chi connectivity index (χ3n) is 3.52. The normalized spacial score (nSPS) is 12.5. The van der Waals surface area contributed by atoms with Gasteiger partial charge in [-0.05, 0) is 61.5 Å². The summed E-state index contributed by atoms with van der Waals surface area (Å²) in [6, 6.07) is 4.17. The number of halogens is 1. The fourth-order valence-electron chi connectivity index (χ4n) is 2.21. The van der Waals surface area contributed by atoms with E-state index in [0.717, 1.165) is 12.1 Å². The molecule has 148 valence electrons. The molecule has 3 N–H and O–H groups in total. The smallest absolute Gasteiger partial charge is 0.246 e. The average Bonchev–Trinajstić information content (AvgIpc) is 3.10. The molecule has 0 fully saturated rings. The van der Waals surface area contributed by atoms with E-state index in [0.29, 0.717) is 22.8 Å². The second-order valence-corrected chi connectivity index (χ2v) is 8.89. The van der Waals surface area contributed by atoms with Crippen LogP contribution in [-0.4, -0.2) is 45.6 Å². The van der Waals surface area contributed by atoms with Crippen molar-refractivity contribution >= 4 is 38.9 Å². The highest BCUT2D eigenvalue weighted by Gasteiger charge is 2.20. The van der Waals surface area contributed by atoms with E-state index in [9.17, 15) is 5.11 Å². The summed E-state index contributed by atoms with van der Waals surface area (Å²) in [7, 11) is 0. The number of nitrogens with zero attached hydrogens (tertiary/aromatic N) is 3. The van der Waals surface area contributed by atoms with Gasteiger partial charge >= 0.3 is 0 Å². The van der Waals surface area contributed by atoms with E-state index in [4.69, 9.17) is 4.74 Å². The van der Waals surface area contributed by atoms with Gasteiger partial charge in [0.15, 0.2) is 0 Å². The summed E-state index contributed by atoms with van der Waals surface area (Å²) in [5.41, 5.74) is 3.50. The molecule has 2 heterocycles. The zero-order chi connectivity index (χ0) is 19.9. The third kappa shape index (κ3) is 7.92. The number of β-amino-alcohol motifs (C(OH)–C–C–N with tert-alkyl or cyclic N) is 1. The topological polar surface area (TPSA) is 91.7 Å². The van der Waals surface area contributed by atoms with Crippen LogP contribution in [0.3, 0.4) is 0 Å². The maximum absolute atomic E-state index is 10.3. The standard InChI is InChI=1S/C18H26BrN5O2S/c1-12(2)23-24-17-20-10-15(19)16(22-17)26-11-13(25)9-21-18(3,4)8-14-6-5-7-27-14/h5-7,10,13,21,25H,8-9,11H2,1-4H3,(H,20,22,24). The highest BCUT2D eigenvalue weighted by molar-refractivity contribution is 9.10. The molecule has 2 aromatic rings. The number of aliphatic hydroxyl groups is 1. The van der Waals surface area contributed by atoms with Gasteiger partial charge in [0, 0.05) is 22.7 Å². The van der Waals surface area contributed by atoms with Gasteiger partial charge in [0.05, 0.1) is 10.7 Å². The van der Waals surface area contributed by atoms with E-state index in [1.807, 2.05) is 13.8 Å². The van der Waals surface area contributed by atoms with Gasteiger partial charge in [0.25, 0.3) is 0 Å². The first kappa shape index (κ1) is 21.7. The van der Waals surface area contributed by atoms with E-state index < -0.39 is 6.10 Å². The Labute approximate surface area is 172 Å². The Morgan fingerprint density at radius 3 is 2.89 bits per heavy atom. The van der Waals surface area contributed by atoms with E-state index in [1.54, 1.807) is 17.5 Å². The Bertz CT molecular complexity index is 748. The van der Waals surface area contributed by atoms with Gasteiger partial charge in [-0.2, -0.15) is 10.1 Å². The van der Waals surface area contributed by atoms with Crippen LogP contribution >= 0.6 is 27.3 Å². The molecule has 1 unspecified atom stereocenters. The Kier molecular flexibility index (Phi) is 8.15. The van der Waals surface area contributed by atoms with Crippen molar-refractivity contribution < 1.29 is 9.84 Å². The summed E-state index contributed by atoms with van der Waals surface area (Å²) in [5, 5.41) is 19.8. The Balaban J connectivity index is 1.83. The molecule has 1 atom stereocenters. The van der Waals surface area contributed by atoms with Crippen LogP contribution < -0.4 is 15.5 Å². The molecule has 0 aliphatic carbocycles. The number of thiophene rings is 1. The monoisotopic (exact) mass is 455 g/mol. The summed E-state index contributed by atoms with van der Waals surface area (Å²) >= 11 is 5.09. The summed E-state index contributed by atoms with van der Waals surface area (Å²) in [6.45, 7) is 8.52. The number of rotatable bonds is 10. The van der Waals surface area contributed by atoms with Gasteiger partial charge in [0.1, 0.15) is 12.7 Å². The maximum Gasteiger partial charge on any atom is 0.246 e. The first-order valence-corrected chi connectivity index (χ1v) is 10.3. The summed E-state index contributed by atoms with van der Waals surface area (Å²) in [4.78, 5) is 9.67. The summed E-state index contributed by atoms with van der Waals surface area (Å²) in [6.07, 6.45) is 1.82. The lowest BCUT2D eigenvalue weighted by atomic mass is 9.99. The Hall–Kier alpha value is -1.55. The van der Waals surface area contributed by atoms with Crippen LogP contribution in [0, 0.1) is 0 Å². The fourth-order valence-corrected chi connectivity index (χ4v) is 3.45. The van der Waals surface area contributed by atoms with Crippen molar-refractivity contribution in [1.29, 1.82) is 0 Å². The molecular formula is C18H26BrN5O2S. The zero-order valence-corrected chi connectivity index (χ0v) is 18.4. The molecule has 0 aliphatic heterocycles. The minimum atomic E-state index is -0.665. The SMILES string of the molecule is CC(C)=NNc1ncc(Br)c(OCC(O)CNC(C)(C)Cc2cccs2)n1. The quantitative estimate of drug-likeness (QED) is 0.375. The van der Waals surface area contributed by atoms with E-state index in [-0.39, 0.29) is 12.1 Å². The van der Waals surface area contributed by atoms with Crippen molar-refractivity contribution in [2.75, 3.05) is 18.6 Å². The molecule has 0 aliphatic rings. The number of aromatic nitrogens is 2. The molecular weight excluding hydrogens is 430 g/mol. The molecule has 0 bridgehead atoms. The van der Waals surface area contributed by atoms with Crippen molar-refractivity contribution in [3.63, 3.8) is 0 Å². The van der Waals surface area contributed by atoms with E-state index in [2.05, 4.69) is 73.1 Å². The van der Waals surface area contributed by atoms with Gasteiger partial charge in [-0.25, -0.2) is 10.4 Å². The van der Waals surface area contributed by atoms with Gasteiger partial charge in [0.2, 0.25) is 11.8 Å². The molecule has 2 aromatic heterocycles. The molecule has 27 heavy (non-hydrogen) atoms. The van der Waals surface area contributed by atoms with Gasteiger partial charge in [-0.15, -0.1) is 11.3 Å². The minimum absolute atomic E-state index is 0.117. The maximum atomic E-state index is 10.3. The lowest BCUT2D eigenvalue weighted by Crippen LogP contribution is -2.46. The second kappa shape index (κ2) is 10.1. The molecule has 0 radical (unpaired) electrons. The van der Waals surface area contributed by atoms with Crippen molar-refractivity contribution in [1.82, 2.24) is 15.3 Å². The number of anilines is 1. The highest BCUT2D eigenvalue weighted by Crippen LogP contribution is 2.23. The number of hydrogen-bond donors (Lipinski definition) is 3. The summed E-state index contributed by atoms with van der Waals surface area (Å²) < 4.78 is 6.26. The van der Waals surface area contributed by atoms with Crippen molar-refractivity contribution in [2.24, 2.45) is 5.10 Å². The number of hydrogen-bond acceptors (Lipinski definition) is 8. The predicted molar refractivity (Wildman–Crippen MR) is 114 cm³/mol. The Morgan fingerprint density at radius 2 is 2.22 bits per heavy atom. The van der Waals surface area contributed by atoms with Crippen molar-refractivity contribution in [2.45, 2.75) is 45.8 Å². The first-order valence-electron chi connectivity index (χ1n) is 8.63. The molecule has 0 spiro atoms. The molecule has 7 nitrogen and oxygen atoms in total. The number of nitrogens with one attached hydrogen (secondary N) is 2. The van der Waals surface area contributed by atoms with Crippen LogP contribution in [0.4, 0.5) is 5.95 Å². The number of aliphatic hydroxyl groups excluding tert-OH is 1. The second-order valence-electron chi connectivity index (χ2n) is 7.00. The largest absolute Gasteiger partial charge is 0.474 e. The predicted octanol–water partition coefficient (Wildman–Crippen LogP) is 3.46. The van der Waals surface area contributed by atoms with Crippen LogP contribution in [0.15, 0.2) is 33.3 Å². The highest BCUT2D eigenvalue weighted by atomic mass is 79.9. The molecule has 0 saturated heterocycles. The molecule has 0 aromatic carbocycles. The van der Waals surface area contributed by atoms with Gasteiger partial charge in [-0.1, -0.05) is 6.07 Å². The molecule has 0 amide bonds. The third-order valence-corrected chi connectivity index (χ3v) is 4.94. The first-order chi connectivity index (χ1) is 12.7. The van der Waals surface area contributed by atoms with Gasteiger partial charge < -0.3 is 15.2 Å². The molecule has 0 saturated carbocycles. The Morgan fingerprint density at radius 1 is 1.44 bits per heavy atom. The van der Waals surface area contributed by atoms with Gasteiger partial charge in [-0.3, -0.25) is 0 Å². The van der Waals surface area contributed by atoms with Crippen molar-refractivity contribution in [3.8, 4) is 5.88 Å². The summed E-state index contributed by atoms with van der Waals surface area (Å²) in [5.74, 6) is 0.687. The number of ether oxygens (including phenoxy) is 1. The van der Waals surface area contributed by atoms with Crippen molar-refractivity contribution in [3.05, 3.63) is 33.1 Å². The van der Waals surface area contributed by atoms with Crippen LogP contribution in [-0.2, 0) is 6.42 Å². The number of hydrazone groups is 1. The zero-order valence-electron chi connectivity index (χ0n) is 16.0. The van der Waals surface area contributed by atoms with Crippen LogP contribution in [0.1, 0.15) is 32.6 Å². The minimum Gasteiger partial charge on any atom is -0.474 e.